The Bertz CT molecular complexity index is 1070. The summed E-state index contributed by atoms with van der Waals surface area (Å²) >= 11 is 1.11. The molecule has 0 radical (unpaired) electrons. The number of H-pyrrole nitrogens is 1. The van der Waals surface area contributed by atoms with Gasteiger partial charge in [0, 0.05) is 5.39 Å². The van der Waals surface area contributed by atoms with Crippen molar-refractivity contribution in [2.45, 2.75) is 50.1 Å². The Morgan fingerprint density at radius 3 is 2.81 bits per heavy atom. The molecular formula is C17H24N6O2S2. The zero-order chi connectivity index (χ0) is 19.8. The standard InChI is InChI=1S/C17H24N6O2S2/c1-5-11-6-7-12-8-20-22-15(12)14(11)21-10(2)23-27(18,25)13-9-19-16(26-13)17(3,4)24/h6-10,21,24H,5H2,1-4H3,(H,20,22)(H2,18,23,25). The van der Waals surface area contributed by atoms with Gasteiger partial charge in [0.15, 0.2) is 0 Å². The molecule has 2 atom stereocenters. The molecule has 2 aromatic heterocycles. The number of nitrogens with zero attached hydrogens (tertiary/aromatic N) is 3. The molecule has 3 rings (SSSR count). The van der Waals surface area contributed by atoms with E-state index in [1.165, 1.54) is 6.20 Å². The molecule has 0 aliphatic rings. The quantitative estimate of drug-likeness (QED) is 0.498. The van der Waals surface area contributed by atoms with Crippen molar-refractivity contribution in [3.8, 4) is 0 Å². The number of aryl methyl sites for hydroxylation is 1. The van der Waals surface area contributed by atoms with Gasteiger partial charge in [-0.2, -0.15) is 9.46 Å². The van der Waals surface area contributed by atoms with Gasteiger partial charge in [-0.25, -0.2) is 14.3 Å². The van der Waals surface area contributed by atoms with Crippen LogP contribution in [0.2, 0.25) is 0 Å². The lowest BCUT2D eigenvalue weighted by Crippen LogP contribution is -2.20. The molecule has 0 amide bonds. The number of aliphatic hydroxyl groups is 1. The highest BCUT2D eigenvalue weighted by atomic mass is 32.2. The molecule has 1 aromatic carbocycles. The molecule has 2 heterocycles. The summed E-state index contributed by atoms with van der Waals surface area (Å²) in [4.78, 5) is 4.12. The van der Waals surface area contributed by atoms with E-state index in [4.69, 9.17) is 5.14 Å². The number of aromatic amines is 1. The Hall–Kier alpha value is -2.01. The first-order chi connectivity index (χ1) is 12.6. The minimum atomic E-state index is -3.15. The lowest BCUT2D eigenvalue weighted by atomic mass is 10.1. The molecule has 8 nitrogen and oxygen atoms in total. The third kappa shape index (κ3) is 4.13. The third-order valence-corrected chi connectivity index (χ3v) is 7.43. The lowest BCUT2D eigenvalue weighted by Gasteiger charge is -2.16. The normalized spacial score (nSPS) is 15.5. The van der Waals surface area contributed by atoms with Crippen LogP contribution in [0, 0.1) is 0 Å². The van der Waals surface area contributed by atoms with Crippen molar-refractivity contribution in [3.63, 3.8) is 0 Å². The van der Waals surface area contributed by atoms with Gasteiger partial charge in [-0.05, 0) is 32.8 Å². The summed E-state index contributed by atoms with van der Waals surface area (Å²) in [6.45, 7) is 7.09. The Kier molecular flexibility index (Phi) is 5.26. The van der Waals surface area contributed by atoms with Crippen LogP contribution in [-0.4, -0.2) is 30.7 Å². The zero-order valence-corrected chi connectivity index (χ0v) is 17.3. The van der Waals surface area contributed by atoms with Crippen LogP contribution in [0.5, 0.6) is 0 Å². The smallest absolute Gasteiger partial charge is 0.148 e. The second-order valence-electron chi connectivity index (χ2n) is 6.83. The van der Waals surface area contributed by atoms with Crippen LogP contribution in [-0.2, 0) is 21.9 Å². The topological polar surface area (TPSA) is 129 Å². The van der Waals surface area contributed by atoms with E-state index < -0.39 is 21.7 Å². The van der Waals surface area contributed by atoms with E-state index >= 15 is 0 Å². The second-order valence-corrected chi connectivity index (χ2v) is 9.90. The maximum Gasteiger partial charge on any atom is 0.148 e. The Morgan fingerprint density at radius 2 is 2.19 bits per heavy atom. The first kappa shape index (κ1) is 19.7. The van der Waals surface area contributed by atoms with Crippen LogP contribution >= 0.6 is 11.3 Å². The van der Waals surface area contributed by atoms with Gasteiger partial charge in [0.1, 0.15) is 30.9 Å². The minimum absolute atomic E-state index is 0.337. The molecule has 2 unspecified atom stereocenters. The van der Waals surface area contributed by atoms with E-state index in [9.17, 15) is 9.32 Å². The van der Waals surface area contributed by atoms with Gasteiger partial charge in [-0.3, -0.25) is 5.10 Å². The van der Waals surface area contributed by atoms with Crippen molar-refractivity contribution in [1.82, 2.24) is 15.2 Å². The number of benzene rings is 1. The number of hydrogen-bond donors (Lipinski definition) is 4. The van der Waals surface area contributed by atoms with Crippen molar-refractivity contribution in [2.24, 2.45) is 9.50 Å². The Labute approximate surface area is 162 Å². The first-order valence-electron chi connectivity index (χ1n) is 8.56. The summed E-state index contributed by atoms with van der Waals surface area (Å²) in [6.07, 6.45) is 3.49. The molecule has 0 spiro atoms. The predicted molar refractivity (Wildman–Crippen MR) is 109 cm³/mol. The molecule has 0 saturated carbocycles. The largest absolute Gasteiger partial charge is 0.383 e. The van der Waals surface area contributed by atoms with Crippen LogP contribution in [0.3, 0.4) is 0 Å². The lowest BCUT2D eigenvalue weighted by molar-refractivity contribution is 0.0783. The summed E-state index contributed by atoms with van der Waals surface area (Å²) in [5.74, 6) is 0. The van der Waals surface area contributed by atoms with E-state index in [0.717, 1.165) is 39.9 Å². The Balaban J connectivity index is 1.92. The van der Waals surface area contributed by atoms with E-state index in [1.807, 2.05) is 12.1 Å². The fraction of sp³-hybridized carbons (Fsp3) is 0.412. The number of thiazole rings is 1. The van der Waals surface area contributed by atoms with Crippen molar-refractivity contribution < 1.29 is 9.32 Å². The number of rotatable bonds is 6. The molecule has 146 valence electrons. The number of anilines is 1. The van der Waals surface area contributed by atoms with Gasteiger partial charge in [-0.15, -0.1) is 11.3 Å². The minimum Gasteiger partial charge on any atom is -0.383 e. The molecule has 0 saturated heterocycles. The molecule has 0 bridgehead atoms. The first-order valence-corrected chi connectivity index (χ1v) is 11.0. The van der Waals surface area contributed by atoms with Gasteiger partial charge in [0.25, 0.3) is 0 Å². The van der Waals surface area contributed by atoms with Crippen molar-refractivity contribution in [1.29, 1.82) is 0 Å². The van der Waals surface area contributed by atoms with Crippen LogP contribution < -0.4 is 10.5 Å². The van der Waals surface area contributed by atoms with Gasteiger partial charge >= 0.3 is 0 Å². The highest BCUT2D eigenvalue weighted by Gasteiger charge is 2.23. The van der Waals surface area contributed by atoms with E-state index in [1.54, 1.807) is 27.0 Å². The van der Waals surface area contributed by atoms with E-state index in [0.29, 0.717) is 9.22 Å². The summed E-state index contributed by atoms with van der Waals surface area (Å²) in [5, 5.41) is 27.8. The third-order valence-electron chi connectivity index (χ3n) is 4.05. The monoisotopic (exact) mass is 408 g/mol. The van der Waals surface area contributed by atoms with Crippen LogP contribution in [0.25, 0.3) is 10.9 Å². The fourth-order valence-corrected chi connectivity index (χ4v) is 5.04. The van der Waals surface area contributed by atoms with Gasteiger partial charge in [-0.1, -0.05) is 19.1 Å². The van der Waals surface area contributed by atoms with Gasteiger partial charge in [0.2, 0.25) is 0 Å². The molecule has 10 heteroatoms. The second kappa shape index (κ2) is 7.19. The number of hydrogen-bond acceptors (Lipinski definition) is 7. The highest BCUT2D eigenvalue weighted by Crippen LogP contribution is 2.29. The summed E-state index contributed by atoms with van der Waals surface area (Å²) in [6, 6.07) is 4.04. The average molecular weight is 409 g/mol. The zero-order valence-electron chi connectivity index (χ0n) is 15.7. The molecular weight excluding hydrogens is 384 g/mol. The number of fused-ring (bicyclic) bond motifs is 1. The van der Waals surface area contributed by atoms with Crippen LogP contribution in [0.4, 0.5) is 5.69 Å². The van der Waals surface area contributed by atoms with Gasteiger partial charge in [0.05, 0.1) is 23.6 Å². The van der Waals surface area contributed by atoms with Crippen LogP contribution in [0.1, 0.15) is 38.3 Å². The molecule has 5 N–H and O–H groups in total. The molecule has 3 aromatic rings. The van der Waals surface area contributed by atoms with E-state index in [2.05, 4.69) is 31.8 Å². The summed E-state index contributed by atoms with van der Waals surface area (Å²) in [5.41, 5.74) is 1.73. The van der Waals surface area contributed by atoms with Crippen LogP contribution in [0.15, 0.2) is 33.1 Å². The van der Waals surface area contributed by atoms with Gasteiger partial charge < -0.3 is 10.4 Å². The van der Waals surface area contributed by atoms with Crippen molar-refractivity contribution in [3.05, 3.63) is 35.1 Å². The molecule has 0 aliphatic heterocycles. The molecule has 0 fully saturated rings. The molecule has 0 aliphatic carbocycles. The number of nitrogens with two attached hydrogens (primary N) is 1. The summed E-state index contributed by atoms with van der Waals surface area (Å²) in [7, 11) is -3.15. The fourth-order valence-electron chi connectivity index (χ4n) is 2.72. The predicted octanol–water partition coefficient (Wildman–Crippen LogP) is 2.97. The molecule has 27 heavy (non-hydrogen) atoms. The highest BCUT2D eigenvalue weighted by molar-refractivity contribution is 7.93. The summed E-state index contributed by atoms with van der Waals surface area (Å²) < 4.78 is 17.6. The SMILES string of the molecule is CCc1ccc2cn[nH]c2c1NC(C)N=S(N)(=O)c1cnc(C(C)(C)O)s1. The number of aromatic nitrogens is 3. The maximum absolute atomic E-state index is 12.9. The van der Waals surface area contributed by atoms with Crippen molar-refractivity contribution in [2.75, 3.05) is 5.32 Å². The van der Waals surface area contributed by atoms with Crippen molar-refractivity contribution >= 4 is 37.8 Å². The average Bonchev–Trinajstić information content (AvgIpc) is 3.24. The number of nitrogens with one attached hydrogen (secondary N) is 2. The van der Waals surface area contributed by atoms with E-state index in [-0.39, 0.29) is 0 Å². The maximum atomic E-state index is 12.9. The Morgan fingerprint density at radius 1 is 1.44 bits per heavy atom.